The van der Waals surface area contributed by atoms with Crippen molar-refractivity contribution < 1.29 is 19.4 Å². The van der Waals surface area contributed by atoms with Gasteiger partial charge in [-0.25, -0.2) is 4.79 Å². The number of thiocarbonyl (C=S) groups is 1. The summed E-state index contributed by atoms with van der Waals surface area (Å²) in [5, 5.41) is 13.0. The van der Waals surface area contributed by atoms with E-state index in [1.165, 1.54) is 0 Å². The Kier molecular flexibility index (Phi) is 9.15. The van der Waals surface area contributed by atoms with Crippen LogP contribution in [0.3, 0.4) is 0 Å². The van der Waals surface area contributed by atoms with Gasteiger partial charge in [-0.15, -0.1) is 0 Å². The molecule has 3 aromatic rings. The van der Waals surface area contributed by atoms with E-state index in [2.05, 4.69) is 10.3 Å². The molecule has 1 saturated heterocycles. The average molecular weight is 596 g/mol. The Morgan fingerprint density at radius 2 is 1.84 bits per heavy atom. The number of aryl methyl sites for hydroxylation is 1. The lowest BCUT2D eigenvalue weighted by Crippen LogP contribution is -2.62. The molecule has 200 valence electrons. The molecule has 2 aromatic carbocycles. The van der Waals surface area contributed by atoms with Crippen LogP contribution in [0.25, 0.3) is 10.9 Å². The highest BCUT2D eigenvalue weighted by molar-refractivity contribution is 7.80. The van der Waals surface area contributed by atoms with Crippen molar-refractivity contribution in [3.05, 3.63) is 66.4 Å². The zero-order chi connectivity index (χ0) is 27.3. The number of fused-ring (bicyclic) bond motifs is 1. The maximum Gasteiger partial charge on any atom is 0.341 e. The summed E-state index contributed by atoms with van der Waals surface area (Å²) in [6.07, 6.45) is 2.05. The number of hydrogen-bond donors (Lipinski definition) is 2. The highest BCUT2D eigenvalue weighted by atomic mass is 35.6. The van der Waals surface area contributed by atoms with E-state index in [-0.39, 0.29) is 12.3 Å². The van der Waals surface area contributed by atoms with Gasteiger partial charge in [-0.2, -0.15) is 0 Å². The molecule has 1 fully saturated rings. The van der Waals surface area contributed by atoms with Gasteiger partial charge in [0, 0.05) is 31.1 Å². The van der Waals surface area contributed by atoms with Gasteiger partial charge < -0.3 is 25.0 Å². The number of rotatable bonds is 9. The number of ether oxygens (including phenoxy) is 1. The fraction of sp³-hybridized carbons (Fsp3) is 0.308. The van der Waals surface area contributed by atoms with E-state index >= 15 is 0 Å². The largest absolute Gasteiger partial charge is 0.482 e. The summed E-state index contributed by atoms with van der Waals surface area (Å²) in [5.41, 5.74) is 2.53. The minimum atomic E-state index is -1.84. The minimum Gasteiger partial charge on any atom is -0.482 e. The highest BCUT2D eigenvalue weighted by Crippen LogP contribution is 2.35. The van der Waals surface area contributed by atoms with E-state index < -0.39 is 22.5 Å². The zero-order valence-electron chi connectivity index (χ0n) is 20.1. The molecular weight excluding hydrogens is 571 g/mol. The lowest BCUT2D eigenvalue weighted by Gasteiger charge is -2.44. The minimum absolute atomic E-state index is 0.143. The molecule has 1 atom stereocenters. The van der Waals surface area contributed by atoms with Gasteiger partial charge in [0.2, 0.25) is 9.70 Å². The number of nitrogens with one attached hydrogen (secondary N) is 1. The number of anilines is 1. The molecule has 2 N–H and O–H groups in total. The van der Waals surface area contributed by atoms with Crippen molar-refractivity contribution in [3.8, 4) is 5.75 Å². The van der Waals surface area contributed by atoms with Crippen LogP contribution < -0.4 is 15.0 Å². The molecule has 0 saturated carbocycles. The number of aromatic nitrogens is 1. The van der Waals surface area contributed by atoms with Crippen LogP contribution in [0.15, 0.2) is 60.8 Å². The summed E-state index contributed by atoms with van der Waals surface area (Å²) in [5.74, 6) is -0.931. The van der Waals surface area contributed by atoms with Gasteiger partial charge >= 0.3 is 5.97 Å². The lowest BCUT2D eigenvalue weighted by atomic mass is 10.1. The first-order valence-electron chi connectivity index (χ1n) is 11.8. The zero-order valence-corrected chi connectivity index (χ0v) is 23.2. The summed E-state index contributed by atoms with van der Waals surface area (Å²) in [7, 11) is 0. The maximum absolute atomic E-state index is 12.9. The van der Waals surface area contributed by atoms with Crippen LogP contribution >= 0.6 is 47.0 Å². The SMILES string of the molecule is O=C(O)COc1ccc(CCC(=O)NC(N2CCCN(c3cccc4cccnc34)C2=S)C(Cl)(Cl)Cl)cc1. The van der Waals surface area contributed by atoms with E-state index in [9.17, 15) is 9.59 Å². The number of carbonyl (C=O) groups excluding carboxylic acids is 1. The molecule has 2 heterocycles. The third-order valence-electron chi connectivity index (χ3n) is 6.01. The van der Waals surface area contributed by atoms with Crippen LogP contribution in [0, 0.1) is 0 Å². The fourth-order valence-corrected chi connectivity index (χ4v) is 5.13. The average Bonchev–Trinajstić information content (AvgIpc) is 2.89. The number of benzene rings is 2. The number of carboxylic acid groups (broad SMARTS) is 1. The normalized spacial score (nSPS) is 14.9. The summed E-state index contributed by atoms with van der Waals surface area (Å²) < 4.78 is 3.29. The molecule has 12 heteroatoms. The van der Waals surface area contributed by atoms with Crippen LogP contribution in [-0.2, 0) is 16.0 Å². The van der Waals surface area contributed by atoms with Gasteiger partial charge in [-0.3, -0.25) is 9.78 Å². The summed E-state index contributed by atoms with van der Waals surface area (Å²) in [4.78, 5) is 31.8. The number of carboxylic acids is 1. The Hall–Kier alpha value is -2.85. The summed E-state index contributed by atoms with van der Waals surface area (Å²) >= 11 is 24.9. The predicted molar refractivity (Wildman–Crippen MR) is 153 cm³/mol. The first-order chi connectivity index (χ1) is 18.1. The van der Waals surface area contributed by atoms with E-state index in [4.69, 9.17) is 56.9 Å². The molecule has 4 rings (SSSR count). The number of alkyl halides is 3. The molecule has 8 nitrogen and oxygen atoms in total. The molecule has 0 bridgehead atoms. The van der Waals surface area contributed by atoms with Crippen molar-refractivity contribution in [1.29, 1.82) is 0 Å². The first-order valence-corrected chi connectivity index (χ1v) is 13.4. The second-order valence-electron chi connectivity index (χ2n) is 8.67. The Morgan fingerprint density at radius 3 is 2.55 bits per heavy atom. The number of para-hydroxylation sites is 1. The lowest BCUT2D eigenvalue weighted by molar-refractivity contribution is -0.139. The molecule has 1 aliphatic rings. The predicted octanol–water partition coefficient (Wildman–Crippen LogP) is 4.94. The molecule has 38 heavy (non-hydrogen) atoms. The Labute approximate surface area is 240 Å². The van der Waals surface area contributed by atoms with Crippen molar-refractivity contribution in [2.45, 2.75) is 29.2 Å². The van der Waals surface area contributed by atoms with E-state index in [0.29, 0.717) is 30.4 Å². The number of hydrogen-bond acceptors (Lipinski definition) is 5. The van der Waals surface area contributed by atoms with Crippen LogP contribution in [0.1, 0.15) is 18.4 Å². The third kappa shape index (κ3) is 6.96. The molecule has 0 radical (unpaired) electrons. The van der Waals surface area contributed by atoms with Crippen molar-refractivity contribution in [3.63, 3.8) is 0 Å². The number of aliphatic carboxylic acids is 1. The number of halogens is 3. The molecule has 1 amide bonds. The van der Waals surface area contributed by atoms with E-state index in [1.807, 2.05) is 35.2 Å². The number of pyridine rings is 1. The molecule has 1 unspecified atom stereocenters. The standard InChI is InChI=1S/C26H25Cl3N4O4S/c27-26(28,29)24(31-21(34)12-9-17-7-10-19(11-8-17)37-16-22(35)36)33-15-3-14-32(25(33)38)20-6-1-4-18-5-2-13-30-23(18)20/h1-2,4-8,10-11,13,24H,3,9,12,14-16H2,(H,31,34)(H,35,36). The van der Waals surface area contributed by atoms with Crippen molar-refractivity contribution in [1.82, 2.24) is 15.2 Å². The van der Waals surface area contributed by atoms with Gasteiger partial charge in [-0.1, -0.05) is 65.1 Å². The van der Waals surface area contributed by atoms with Crippen LogP contribution in [-0.4, -0.2) is 61.6 Å². The van der Waals surface area contributed by atoms with Gasteiger partial charge in [0.05, 0.1) is 11.2 Å². The van der Waals surface area contributed by atoms with Crippen LogP contribution in [0.5, 0.6) is 5.75 Å². The fourth-order valence-electron chi connectivity index (χ4n) is 4.23. The molecule has 0 spiro atoms. The molecule has 1 aliphatic heterocycles. The molecule has 0 aliphatic carbocycles. The van der Waals surface area contributed by atoms with Gasteiger partial charge in [0.15, 0.2) is 17.9 Å². The van der Waals surface area contributed by atoms with Gasteiger partial charge in [0.25, 0.3) is 0 Å². The number of amides is 1. The van der Waals surface area contributed by atoms with Crippen LogP contribution in [0.2, 0.25) is 0 Å². The second-order valence-corrected chi connectivity index (χ2v) is 11.4. The van der Waals surface area contributed by atoms with Crippen molar-refractivity contribution in [2.75, 3.05) is 24.6 Å². The molecular formula is C26H25Cl3N4O4S. The summed E-state index contributed by atoms with van der Waals surface area (Å²) in [6, 6.07) is 16.6. The van der Waals surface area contributed by atoms with Gasteiger partial charge in [-0.05, 0) is 54.9 Å². The monoisotopic (exact) mass is 594 g/mol. The number of nitrogens with zero attached hydrogens (tertiary/aromatic N) is 3. The quantitative estimate of drug-likeness (QED) is 0.265. The van der Waals surface area contributed by atoms with Crippen LogP contribution in [0.4, 0.5) is 5.69 Å². The second kappa shape index (κ2) is 12.3. The maximum atomic E-state index is 12.9. The first kappa shape index (κ1) is 28.2. The van der Waals surface area contributed by atoms with Crippen molar-refractivity contribution >= 4 is 80.6 Å². The summed E-state index contributed by atoms with van der Waals surface area (Å²) in [6.45, 7) is 0.745. The third-order valence-corrected chi connectivity index (χ3v) is 7.08. The number of carbonyl (C=O) groups is 2. The Morgan fingerprint density at radius 1 is 1.11 bits per heavy atom. The van der Waals surface area contributed by atoms with E-state index in [0.717, 1.165) is 28.6 Å². The highest BCUT2D eigenvalue weighted by Gasteiger charge is 2.42. The topological polar surface area (TPSA) is 95.0 Å². The smallest absolute Gasteiger partial charge is 0.341 e. The van der Waals surface area contributed by atoms with Crippen molar-refractivity contribution in [2.24, 2.45) is 0 Å². The molecule has 1 aromatic heterocycles. The Balaban J connectivity index is 1.44. The van der Waals surface area contributed by atoms with Gasteiger partial charge in [0.1, 0.15) is 5.75 Å². The Bertz CT molecular complexity index is 1310. The van der Waals surface area contributed by atoms with E-state index in [1.54, 1.807) is 35.4 Å².